The summed E-state index contributed by atoms with van der Waals surface area (Å²) in [4.78, 5) is 97.9. The van der Waals surface area contributed by atoms with Crippen molar-refractivity contribution >= 4 is 47.7 Å². The quantitative estimate of drug-likeness (QED) is 0.0898. The monoisotopic (exact) mass is 612 g/mol. The summed E-state index contributed by atoms with van der Waals surface area (Å²) >= 11 is 0. The van der Waals surface area contributed by atoms with Crippen molar-refractivity contribution in [3.8, 4) is 0 Å². The van der Waals surface area contributed by atoms with Gasteiger partial charge in [-0.2, -0.15) is 0 Å². The van der Waals surface area contributed by atoms with E-state index >= 15 is 0 Å². The van der Waals surface area contributed by atoms with Gasteiger partial charge in [0, 0.05) is 13.3 Å². The molecule has 0 heterocycles. The Morgan fingerprint density at radius 1 is 0.814 bits per heavy atom. The Morgan fingerprint density at radius 3 is 1.81 bits per heavy atom. The normalized spacial score (nSPS) is 15.1. The van der Waals surface area contributed by atoms with E-state index in [9.17, 15) is 38.4 Å². The first-order chi connectivity index (χ1) is 19.9. The molecular weight excluding hydrogens is 564 g/mol. The molecule has 0 bridgehead atoms. The Balaban J connectivity index is 5.52. The van der Waals surface area contributed by atoms with Gasteiger partial charge < -0.3 is 41.8 Å². The molecule has 0 aromatic heterocycles. The van der Waals surface area contributed by atoms with Crippen molar-refractivity contribution in [1.29, 1.82) is 0 Å². The Kier molecular flexibility index (Phi) is 16.8. The molecule has 0 saturated heterocycles. The molecule has 43 heavy (non-hydrogen) atoms. The fraction of sp³-hybridized carbons (Fsp3) is 0.714. The fourth-order valence-electron chi connectivity index (χ4n) is 4.05. The standard InChI is InChI=1S/C28H48N6O9/c1-9-10-19(24(40)30-17(6)14-35)31-25(41)23(16(4)5)33-26(42)22(15(2)3)32-20(37)13-29-27(43)28(8,34-18(7)36)12-11-21(38)39/h14-17,19,22-23H,9-13H2,1-8H3,(H,29,43)(H,30,40)(H,31,41)(H,32,37)(H,33,42)(H,34,36)(H,38,39)/t17-,19?,22?,23?,28?/m0/s1. The Labute approximate surface area is 252 Å². The zero-order valence-corrected chi connectivity index (χ0v) is 26.3. The van der Waals surface area contributed by atoms with Crippen molar-refractivity contribution in [2.45, 2.75) is 111 Å². The SMILES string of the molecule is CCCC(NC(=O)C(NC(=O)C(NC(=O)CNC(=O)C(C)(CCC(=O)O)NC(C)=O)C(C)C)C(C)C)C(=O)N[C@@H](C)C=O. The summed E-state index contributed by atoms with van der Waals surface area (Å²) in [5, 5.41) is 24.0. The van der Waals surface area contributed by atoms with E-state index in [1.54, 1.807) is 27.7 Å². The summed E-state index contributed by atoms with van der Waals surface area (Å²) in [6.45, 7) is 12.0. The number of aliphatic carboxylic acids is 1. The van der Waals surface area contributed by atoms with Crippen LogP contribution in [0.5, 0.6) is 0 Å². The lowest BCUT2D eigenvalue weighted by Crippen LogP contribution is -2.60. The highest BCUT2D eigenvalue weighted by atomic mass is 16.4. The molecule has 0 aliphatic heterocycles. The number of hydrogen-bond donors (Lipinski definition) is 7. The van der Waals surface area contributed by atoms with Gasteiger partial charge in [0.1, 0.15) is 30.0 Å². The van der Waals surface area contributed by atoms with Crippen LogP contribution >= 0.6 is 0 Å². The lowest BCUT2D eigenvalue weighted by Gasteiger charge is -2.29. The van der Waals surface area contributed by atoms with Gasteiger partial charge in [-0.05, 0) is 38.5 Å². The first-order valence-corrected chi connectivity index (χ1v) is 14.3. The van der Waals surface area contributed by atoms with E-state index in [1.165, 1.54) is 20.8 Å². The lowest BCUT2D eigenvalue weighted by atomic mass is 9.94. The maximum atomic E-state index is 13.2. The minimum Gasteiger partial charge on any atom is -0.481 e. The second-order valence-corrected chi connectivity index (χ2v) is 11.4. The number of aldehydes is 1. The third-order valence-electron chi connectivity index (χ3n) is 6.50. The maximum Gasteiger partial charge on any atom is 0.303 e. The van der Waals surface area contributed by atoms with Crippen molar-refractivity contribution < 1.29 is 43.5 Å². The van der Waals surface area contributed by atoms with E-state index in [2.05, 4.69) is 31.9 Å². The molecule has 0 aliphatic rings. The van der Waals surface area contributed by atoms with Gasteiger partial charge in [-0.3, -0.25) is 33.6 Å². The van der Waals surface area contributed by atoms with Crippen LogP contribution in [0.1, 0.15) is 81.1 Å². The van der Waals surface area contributed by atoms with Crippen LogP contribution in [0.2, 0.25) is 0 Å². The number of nitrogens with one attached hydrogen (secondary N) is 6. The van der Waals surface area contributed by atoms with Gasteiger partial charge in [0.05, 0.1) is 12.6 Å². The molecule has 15 nitrogen and oxygen atoms in total. The topological polar surface area (TPSA) is 229 Å². The highest BCUT2D eigenvalue weighted by Crippen LogP contribution is 2.13. The Morgan fingerprint density at radius 2 is 1.35 bits per heavy atom. The summed E-state index contributed by atoms with van der Waals surface area (Å²) in [5.74, 6) is -5.90. The van der Waals surface area contributed by atoms with Crippen LogP contribution in [0.3, 0.4) is 0 Å². The summed E-state index contributed by atoms with van der Waals surface area (Å²) < 4.78 is 0. The molecule has 0 rings (SSSR count). The summed E-state index contributed by atoms with van der Waals surface area (Å²) in [7, 11) is 0. The van der Waals surface area contributed by atoms with Gasteiger partial charge in [-0.25, -0.2) is 0 Å². The maximum absolute atomic E-state index is 13.2. The molecule has 0 radical (unpaired) electrons. The average Bonchev–Trinajstić information content (AvgIpc) is 2.90. The van der Waals surface area contributed by atoms with Gasteiger partial charge in [0.15, 0.2) is 0 Å². The van der Waals surface area contributed by atoms with E-state index in [4.69, 9.17) is 5.11 Å². The molecule has 0 fully saturated rings. The lowest BCUT2D eigenvalue weighted by molar-refractivity contribution is -0.139. The van der Waals surface area contributed by atoms with Crippen LogP contribution in [0.4, 0.5) is 0 Å². The molecule has 4 unspecified atom stereocenters. The highest BCUT2D eigenvalue weighted by molar-refractivity contribution is 5.96. The van der Waals surface area contributed by atoms with Crippen molar-refractivity contribution in [2.75, 3.05) is 6.54 Å². The van der Waals surface area contributed by atoms with E-state index < -0.39 is 95.9 Å². The number of hydrogen-bond acceptors (Lipinski definition) is 8. The van der Waals surface area contributed by atoms with Gasteiger partial charge in [-0.1, -0.05) is 41.0 Å². The number of carbonyl (C=O) groups excluding carboxylic acids is 7. The van der Waals surface area contributed by atoms with Crippen LogP contribution in [0, 0.1) is 11.8 Å². The number of carboxylic acids is 1. The van der Waals surface area contributed by atoms with Crippen LogP contribution in [-0.4, -0.2) is 89.1 Å². The molecule has 244 valence electrons. The van der Waals surface area contributed by atoms with Crippen molar-refractivity contribution in [2.24, 2.45) is 11.8 Å². The third kappa shape index (κ3) is 14.1. The van der Waals surface area contributed by atoms with Crippen molar-refractivity contribution in [3.63, 3.8) is 0 Å². The summed E-state index contributed by atoms with van der Waals surface area (Å²) in [6, 6.07) is -3.83. The van der Waals surface area contributed by atoms with E-state index in [0.717, 1.165) is 0 Å². The average molecular weight is 613 g/mol. The molecule has 0 saturated carbocycles. The third-order valence-corrected chi connectivity index (χ3v) is 6.50. The van der Waals surface area contributed by atoms with Gasteiger partial charge in [0.25, 0.3) is 0 Å². The molecule has 6 amide bonds. The minimum atomic E-state index is -1.59. The van der Waals surface area contributed by atoms with Gasteiger partial charge >= 0.3 is 5.97 Å². The first-order valence-electron chi connectivity index (χ1n) is 14.3. The number of rotatable bonds is 19. The van der Waals surface area contributed by atoms with E-state index in [1.807, 2.05) is 6.92 Å². The summed E-state index contributed by atoms with van der Waals surface area (Å²) in [6.07, 6.45) is 0.802. The van der Waals surface area contributed by atoms with E-state index in [0.29, 0.717) is 19.1 Å². The minimum absolute atomic E-state index is 0.220. The molecular formula is C28H48N6O9. The molecule has 5 atom stereocenters. The second kappa shape index (κ2) is 18.5. The molecule has 0 aromatic carbocycles. The predicted molar refractivity (Wildman–Crippen MR) is 156 cm³/mol. The highest BCUT2D eigenvalue weighted by Gasteiger charge is 2.36. The molecule has 7 N–H and O–H groups in total. The largest absolute Gasteiger partial charge is 0.481 e. The molecule has 0 aliphatic carbocycles. The Bertz CT molecular complexity index is 1030. The Hall–Kier alpha value is -4.04. The van der Waals surface area contributed by atoms with Crippen LogP contribution in [0.25, 0.3) is 0 Å². The van der Waals surface area contributed by atoms with E-state index in [-0.39, 0.29) is 6.42 Å². The molecule has 0 aromatic rings. The smallest absolute Gasteiger partial charge is 0.303 e. The molecule has 15 heteroatoms. The first kappa shape index (κ1) is 39.0. The van der Waals surface area contributed by atoms with Crippen molar-refractivity contribution in [1.82, 2.24) is 31.9 Å². The van der Waals surface area contributed by atoms with Crippen molar-refractivity contribution in [3.05, 3.63) is 0 Å². The second-order valence-electron chi connectivity index (χ2n) is 11.4. The zero-order chi connectivity index (χ0) is 33.5. The van der Waals surface area contributed by atoms with Crippen LogP contribution in [-0.2, 0) is 38.4 Å². The summed E-state index contributed by atoms with van der Waals surface area (Å²) in [5.41, 5.74) is -1.59. The predicted octanol–water partition coefficient (Wildman–Crippen LogP) is -0.868. The van der Waals surface area contributed by atoms with Crippen LogP contribution in [0.15, 0.2) is 0 Å². The van der Waals surface area contributed by atoms with Crippen LogP contribution < -0.4 is 31.9 Å². The van der Waals surface area contributed by atoms with Gasteiger partial charge in [0.2, 0.25) is 35.4 Å². The number of amides is 6. The van der Waals surface area contributed by atoms with Gasteiger partial charge in [-0.15, -0.1) is 0 Å². The number of carbonyl (C=O) groups is 8. The number of carboxylic acid groups (broad SMARTS) is 1. The zero-order valence-electron chi connectivity index (χ0n) is 26.3. The fourth-order valence-corrected chi connectivity index (χ4v) is 4.05. The molecule has 0 spiro atoms.